The zero-order valence-electron chi connectivity index (χ0n) is 8.47. The second-order valence-corrected chi connectivity index (χ2v) is 3.34. The van der Waals surface area contributed by atoms with E-state index in [0.29, 0.717) is 11.3 Å². The lowest BCUT2D eigenvalue weighted by molar-refractivity contribution is -0.115. The Hall–Kier alpha value is -2.30. The third-order valence-corrected chi connectivity index (χ3v) is 2.12. The van der Waals surface area contributed by atoms with E-state index >= 15 is 0 Å². The molecular formula is C11H11N3O2. The summed E-state index contributed by atoms with van der Waals surface area (Å²) in [6.07, 6.45) is 3.24. The number of para-hydroxylation sites is 1. The van der Waals surface area contributed by atoms with Crippen molar-refractivity contribution in [2.75, 3.05) is 5.32 Å². The Kier molecular flexibility index (Phi) is 2.86. The summed E-state index contributed by atoms with van der Waals surface area (Å²) in [6.45, 7) is 0. The molecule has 0 saturated heterocycles. The number of aromatic hydroxyl groups is 1. The summed E-state index contributed by atoms with van der Waals surface area (Å²) in [4.78, 5) is 11.6. The van der Waals surface area contributed by atoms with Crippen LogP contribution in [-0.2, 0) is 11.2 Å². The summed E-state index contributed by atoms with van der Waals surface area (Å²) < 4.78 is 0. The van der Waals surface area contributed by atoms with Gasteiger partial charge in [0.15, 0.2) is 0 Å². The minimum absolute atomic E-state index is 0.129. The molecule has 0 spiro atoms. The van der Waals surface area contributed by atoms with Gasteiger partial charge in [0.05, 0.1) is 18.3 Å². The van der Waals surface area contributed by atoms with Crippen LogP contribution in [0.25, 0.3) is 0 Å². The second-order valence-electron chi connectivity index (χ2n) is 3.34. The molecule has 82 valence electrons. The Morgan fingerprint density at radius 1 is 1.44 bits per heavy atom. The first-order chi connectivity index (χ1) is 7.75. The van der Waals surface area contributed by atoms with Crippen molar-refractivity contribution in [3.63, 3.8) is 0 Å². The number of anilines is 1. The predicted octanol–water partition coefficient (Wildman–Crippen LogP) is 1.30. The molecule has 16 heavy (non-hydrogen) atoms. The standard InChI is InChI=1S/C11H11N3O2/c15-10-4-2-1-3-8(10)5-11(16)14-9-6-12-13-7-9/h1-4,6-7,15H,5H2,(H,12,13)(H,14,16). The van der Waals surface area contributed by atoms with Crippen molar-refractivity contribution < 1.29 is 9.90 Å². The highest BCUT2D eigenvalue weighted by molar-refractivity contribution is 5.92. The summed E-state index contributed by atoms with van der Waals surface area (Å²) in [7, 11) is 0. The number of nitrogens with zero attached hydrogens (tertiary/aromatic N) is 1. The molecule has 1 aromatic heterocycles. The molecule has 5 heteroatoms. The molecule has 0 aliphatic rings. The van der Waals surface area contributed by atoms with Gasteiger partial charge in [-0.25, -0.2) is 0 Å². The normalized spacial score (nSPS) is 10.0. The van der Waals surface area contributed by atoms with E-state index in [0.717, 1.165) is 0 Å². The number of rotatable bonds is 3. The van der Waals surface area contributed by atoms with Gasteiger partial charge in [-0.05, 0) is 6.07 Å². The molecule has 0 atom stereocenters. The maximum atomic E-state index is 11.6. The quantitative estimate of drug-likeness (QED) is 0.725. The molecule has 0 bridgehead atoms. The monoisotopic (exact) mass is 217 g/mol. The Morgan fingerprint density at radius 3 is 2.94 bits per heavy atom. The Morgan fingerprint density at radius 2 is 2.25 bits per heavy atom. The average molecular weight is 217 g/mol. The molecule has 0 saturated carbocycles. The van der Waals surface area contributed by atoms with Crippen LogP contribution < -0.4 is 5.32 Å². The molecule has 1 amide bonds. The summed E-state index contributed by atoms with van der Waals surface area (Å²) in [6, 6.07) is 6.76. The average Bonchev–Trinajstić information content (AvgIpc) is 2.74. The van der Waals surface area contributed by atoms with Crippen molar-refractivity contribution >= 4 is 11.6 Å². The second kappa shape index (κ2) is 4.48. The summed E-state index contributed by atoms with van der Waals surface area (Å²) in [5, 5.41) is 18.4. The third-order valence-electron chi connectivity index (χ3n) is 2.12. The highest BCUT2D eigenvalue weighted by atomic mass is 16.3. The molecule has 3 N–H and O–H groups in total. The maximum absolute atomic E-state index is 11.6. The van der Waals surface area contributed by atoms with Gasteiger partial charge in [0.25, 0.3) is 0 Å². The van der Waals surface area contributed by atoms with Crippen LogP contribution in [0.1, 0.15) is 5.56 Å². The van der Waals surface area contributed by atoms with Gasteiger partial charge < -0.3 is 10.4 Å². The fourth-order valence-electron chi connectivity index (χ4n) is 1.36. The van der Waals surface area contributed by atoms with E-state index in [1.54, 1.807) is 30.5 Å². The van der Waals surface area contributed by atoms with E-state index < -0.39 is 0 Å². The van der Waals surface area contributed by atoms with E-state index in [2.05, 4.69) is 15.5 Å². The first-order valence-corrected chi connectivity index (χ1v) is 4.81. The van der Waals surface area contributed by atoms with Crippen molar-refractivity contribution in [2.24, 2.45) is 0 Å². The molecule has 0 fully saturated rings. The summed E-state index contributed by atoms with van der Waals surface area (Å²) in [5.74, 6) is -0.0623. The molecule has 1 heterocycles. The molecule has 0 aliphatic heterocycles. The number of hydrogen-bond acceptors (Lipinski definition) is 3. The minimum Gasteiger partial charge on any atom is -0.508 e. The number of phenolic OH excluding ortho intramolecular Hbond substituents is 1. The van der Waals surface area contributed by atoms with Crippen LogP contribution in [0.4, 0.5) is 5.69 Å². The number of amides is 1. The van der Waals surface area contributed by atoms with Crippen molar-refractivity contribution in [2.45, 2.75) is 6.42 Å². The zero-order chi connectivity index (χ0) is 11.4. The van der Waals surface area contributed by atoms with Gasteiger partial charge in [0.1, 0.15) is 5.75 Å². The van der Waals surface area contributed by atoms with Crippen molar-refractivity contribution in [3.8, 4) is 5.75 Å². The van der Waals surface area contributed by atoms with Crippen molar-refractivity contribution in [1.82, 2.24) is 10.2 Å². The fraction of sp³-hybridized carbons (Fsp3) is 0.0909. The van der Waals surface area contributed by atoms with Gasteiger partial charge in [-0.15, -0.1) is 0 Å². The number of hydrogen-bond donors (Lipinski definition) is 3. The number of carbonyl (C=O) groups excluding carboxylic acids is 1. The van der Waals surface area contributed by atoms with E-state index in [1.165, 1.54) is 6.20 Å². The lowest BCUT2D eigenvalue weighted by Gasteiger charge is -2.04. The van der Waals surface area contributed by atoms with Crippen LogP contribution in [0, 0.1) is 0 Å². The number of aromatic amines is 1. The Bertz CT molecular complexity index is 480. The smallest absolute Gasteiger partial charge is 0.229 e. The van der Waals surface area contributed by atoms with E-state index in [4.69, 9.17) is 0 Å². The van der Waals surface area contributed by atoms with Crippen molar-refractivity contribution in [3.05, 3.63) is 42.2 Å². The number of benzene rings is 1. The molecule has 0 radical (unpaired) electrons. The number of carbonyl (C=O) groups is 1. The Balaban J connectivity index is 2.00. The van der Waals surface area contributed by atoms with Crippen LogP contribution >= 0.6 is 0 Å². The highest BCUT2D eigenvalue weighted by Gasteiger charge is 2.07. The maximum Gasteiger partial charge on any atom is 0.229 e. The van der Waals surface area contributed by atoms with Gasteiger partial charge >= 0.3 is 0 Å². The fourth-order valence-corrected chi connectivity index (χ4v) is 1.36. The van der Waals surface area contributed by atoms with Crippen LogP contribution in [0.3, 0.4) is 0 Å². The largest absolute Gasteiger partial charge is 0.508 e. The molecule has 1 aromatic carbocycles. The molecule has 2 aromatic rings. The van der Waals surface area contributed by atoms with Gasteiger partial charge in [-0.2, -0.15) is 5.10 Å². The number of H-pyrrole nitrogens is 1. The number of phenols is 1. The van der Waals surface area contributed by atoms with E-state index in [9.17, 15) is 9.90 Å². The van der Waals surface area contributed by atoms with E-state index in [-0.39, 0.29) is 18.1 Å². The van der Waals surface area contributed by atoms with Crippen LogP contribution in [0.15, 0.2) is 36.7 Å². The molecule has 0 unspecified atom stereocenters. The van der Waals surface area contributed by atoms with Gasteiger partial charge in [-0.3, -0.25) is 9.89 Å². The summed E-state index contributed by atoms with van der Waals surface area (Å²) in [5.41, 5.74) is 1.21. The first kappa shape index (κ1) is 10.2. The number of aromatic nitrogens is 2. The SMILES string of the molecule is O=C(Cc1ccccc1O)Nc1cn[nH]c1. The highest BCUT2D eigenvalue weighted by Crippen LogP contribution is 2.16. The minimum atomic E-state index is -0.192. The topological polar surface area (TPSA) is 78.0 Å². The lowest BCUT2D eigenvalue weighted by atomic mass is 10.1. The zero-order valence-corrected chi connectivity index (χ0v) is 8.47. The predicted molar refractivity (Wildman–Crippen MR) is 59.0 cm³/mol. The first-order valence-electron chi connectivity index (χ1n) is 4.81. The van der Waals surface area contributed by atoms with Gasteiger partial charge in [0, 0.05) is 11.8 Å². The lowest BCUT2D eigenvalue weighted by Crippen LogP contribution is -2.13. The molecule has 2 rings (SSSR count). The Labute approximate surface area is 92.1 Å². The van der Waals surface area contributed by atoms with Gasteiger partial charge in [-0.1, -0.05) is 18.2 Å². The molecule has 0 aliphatic carbocycles. The van der Waals surface area contributed by atoms with Crippen LogP contribution in [0.5, 0.6) is 5.75 Å². The number of nitrogens with one attached hydrogen (secondary N) is 2. The van der Waals surface area contributed by atoms with Crippen molar-refractivity contribution in [1.29, 1.82) is 0 Å². The van der Waals surface area contributed by atoms with Crippen LogP contribution in [-0.4, -0.2) is 21.2 Å². The van der Waals surface area contributed by atoms with Crippen LogP contribution in [0.2, 0.25) is 0 Å². The van der Waals surface area contributed by atoms with Gasteiger partial charge in [0.2, 0.25) is 5.91 Å². The van der Waals surface area contributed by atoms with E-state index in [1.807, 2.05) is 0 Å². The molecule has 5 nitrogen and oxygen atoms in total. The summed E-state index contributed by atoms with van der Waals surface area (Å²) >= 11 is 0. The molecular weight excluding hydrogens is 206 g/mol. The third kappa shape index (κ3) is 2.38.